The molecule has 1 aromatic heterocycles. The third-order valence-electron chi connectivity index (χ3n) is 2.45. The minimum Gasteiger partial charge on any atom is -0.479 e. The highest BCUT2D eigenvalue weighted by Crippen LogP contribution is 2.26. The summed E-state index contributed by atoms with van der Waals surface area (Å²) in [6.07, 6.45) is -1.64. The van der Waals surface area contributed by atoms with Gasteiger partial charge in [0, 0.05) is 4.70 Å². The maximum atomic E-state index is 13.0. The van der Waals surface area contributed by atoms with E-state index in [1.807, 2.05) is 0 Å². The van der Waals surface area contributed by atoms with Gasteiger partial charge in [0.1, 0.15) is 5.82 Å². The van der Waals surface area contributed by atoms with Crippen LogP contribution in [-0.2, 0) is 4.79 Å². The fourth-order valence-corrected chi connectivity index (χ4v) is 2.48. The lowest BCUT2D eigenvalue weighted by Crippen LogP contribution is -2.36. The maximum Gasteiger partial charge on any atom is 0.334 e. The second-order valence-corrected chi connectivity index (χ2v) is 4.94. The van der Waals surface area contributed by atoms with Crippen LogP contribution in [0.5, 0.6) is 0 Å². The molecule has 0 fully saturated rings. The fraction of sp³-hybridized carbons (Fsp3) is 0.167. The largest absolute Gasteiger partial charge is 0.479 e. The van der Waals surface area contributed by atoms with Crippen molar-refractivity contribution in [1.82, 2.24) is 5.32 Å². The van der Waals surface area contributed by atoms with E-state index in [1.54, 1.807) is 12.1 Å². The maximum absolute atomic E-state index is 13.0. The molecule has 3 N–H and O–H groups in total. The summed E-state index contributed by atoms with van der Waals surface area (Å²) in [5.41, 5.74) is 0. The Morgan fingerprint density at radius 2 is 2.11 bits per heavy atom. The predicted molar refractivity (Wildman–Crippen MR) is 67.8 cm³/mol. The van der Waals surface area contributed by atoms with Gasteiger partial charge in [-0.05, 0) is 23.6 Å². The Hall–Kier alpha value is -1.99. The van der Waals surface area contributed by atoms with Gasteiger partial charge < -0.3 is 15.5 Å². The zero-order chi connectivity index (χ0) is 14.0. The molecular formula is C12H10FNO4S. The van der Waals surface area contributed by atoms with Crippen molar-refractivity contribution < 1.29 is 24.2 Å². The first-order valence-corrected chi connectivity index (χ1v) is 6.17. The summed E-state index contributed by atoms with van der Waals surface area (Å²) in [6, 6.07) is 5.76. The molecule has 1 amide bonds. The molecule has 0 aliphatic carbocycles. The molecule has 2 aromatic rings. The quantitative estimate of drug-likeness (QED) is 0.787. The van der Waals surface area contributed by atoms with E-state index in [0.29, 0.717) is 9.58 Å². The molecule has 0 spiro atoms. The van der Waals surface area contributed by atoms with Crippen LogP contribution >= 0.6 is 11.3 Å². The van der Waals surface area contributed by atoms with Gasteiger partial charge in [0.2, 0.25) is 0 Å². The normalized spacial score (nSPS) is 12.3. The van der Waals surface area contributed by atoms with Crippen LogP contribution in [-0.4, -0.2) is 34.7 Å². The summed E-state index contributed by atoms with van der Waals surface area (Å²) in [5, 5.41) is 20.5. The number of rotatable bonds is 4. The first kappa shape index (κ1) is 13.4. The Morgan fingerprint density at radius 3 is 2.79 bits per heavy atom. The molecule has 0 radical (unpaired) electrons. The minimum absolute atomic E-state index is 0.332. The first-order valence-electron chi connectivity index (χ1n) is 5.35. The molecule has 2 rings (SSSR count). The van der Waals surface area contributed by atoms with Crippen LogP contribution in [0, 0.1) is 5.82 Å². The summed E-state index contributed by atoms with van der Waals surface area (Å²) < 4.78 is 13.6. The number of halogens is 1. The highest BCUT2D eigenvalue weighted by molar-refractivity contribution is 7.20. The van der Waals surface area contributed by atoms with Crippen molar-refractivity contribution in [3.05, 3.63) is 35.0 Å². The average molecular weight is 283 g/mol. The lowest BCUT2D eigenvalue weighted by atomic mass is 10.2. The Bertz CT molecular complexity index is 640. The molecule has 5 nitrogen and oxygen atoms in total. The standard InChI is InChI=1S/C12H10FNO4S/c13-7-2-1-6-3-10(19-9(6)4-7)11(16)14-5-8(15)12(17)18/h1-4,8,15H,5H2,(H,14,16)(H,17,18)/t8-/m0/s1. The van der Waals surface area contributed by atoms with Gasteiger partial charge in [-0.25, -0.2) is 9.18 Å². The van der Waals surface area contributed by atoms with Crippen LogP contribution < -0.4 is 5.32 Å². The topological polar surface area (TPSA) is 86.6 Å². The van der Waals surface area contributed by atoms with Gasteiger partial charge in [-0.1, -0.05) is 6.07 Å². The molecule has 0 saturated carbocycles. The summed E-state index contributed by atoms with van der Waals surface area (Å²) in [5.74, 6) is -2.29. The van der Waals surface area contributed by atoms with Crippen molar-refractivity contribution in [3.63, 3.8) is 0 Å². The average Bonchev–Trinajstić information content (AvgIpc) is 2.78. The molecule has 1 aromatic carbocycles. The Balaban J connectivity index is 2.11. The van der Waals surface area contributed by atoms with Crippen molar-refractivity contribution in [3.8, 4) is 0 Å². The Kier molecular flexibility index (Phi) is 3.77. The zero-order valence-electron chi connectivity index (χ0n) is 9.59. The zero-order valence-corrected chi connectivity index (χ0v) is 10.4. The highest BCUT2D eigenvalue weighted by atomic mass is 32.1. The number of aliphatic hydroxyl groups excluding tert-OH is 1. The fourth-order valence-electron chi connectivity index (χ4n) is 1.48. The van der Waals surface area contributed by atoms with E-state index < -0.39 is 18.0 Å². The van der Waals surface area contributed by atoms with Gasteiger partial charge in [0.15, 0.2) is 6.10 Å². The first-order chi connectivity index (χ1) is 8.97. The number of carboxylic acids is 1. The monoisotopic (exact) mass is 283 g/mol. The number of hydrogen-bond acceptors (Lipinski definition) is 4. The van der Waals surface area contributed by atoms with Crippen molar-refractivity contribution in [2.24, 2.45) is 0 Å². The molecule has 0 bridgehead atoms. The van der Waals surface area contributed by atoms with Crippen LogP contribution in [0.3, 0.4) is 0 Å². The molecule has 7 heteroatoms. The molecular weight excluding hydrogens is 273 g/mol. The van der Waals surface area contributed by atoms with Crippen LogP contribution in [0.25, 0.3) is 10.1 Å². The molecule has 0 saturated heterocycles. The second-order valence-electron chi connectivity index (χ2n) is 3.86. The summed E-state index contributed by atoms with van der Waals surface area (Å²) >= 11 is 1.10. The molecule has 100 valence electrons. The van der Waals surface area contributed by atoms with E-state index in [1.165, 1.54) is 12.1 Å². The molecule has 0 aliphatic rings. The van der Waals surface area contributed by atoms with Gasteiger partial charge in [-0.15, -0.1) is 11.3 Å². The summed E-state index contributed by atoms with van der Waals surface area (Å²) in [6.45, 7) is -0.378. The molecule has 0 unspecified atom stereocenters. The number of amides is 1. The van der Waals surface area contributed by atoms with E-state index in [-0.39, 0.29) is 12.4 Å². The molecule has 1 atom stereocenters. The van der Waals surface area contributed by atoms with Gasteiger partial charge in [-0.2, -0.15) is 0 Å². The number of nitrogens with one attached hydrogen (secondary N) is 1. The van der Waals surface area contributed by atoms with Crippen LogP contribution in [0.15, 0.2) is 24.3 Å². The van der Waals surface area contributed by atoms with E-state index in [4.69, 9.17) is 10.2 Å². The minimum atomic E-state index is -1.64. The number of carboxylic acid groups (broad SMARTS) is 1. The van der Waals surface area contributed by atoms with Crippen LogP contribution in [0.1, 0.15) is 9.67 Å². The van der Waals surface area contributed by atoms with E-state index in [2.05, 4.69) is 5.32 Å². The van der Waals surface area contributed by atoms with Gasteiger partial charge in [0.25, 0.3) is 5.91 Å². The number of fused-ring (bicyclic) bond motifs is 1. The molecule has 19 heavy (non-hydrogen) atoms. The van der Waals surface area contributed by atoms with Crippen molar-refractivity contribution in [2.45, 2.75) is 6.10 Å². The number of aliphatic carboxylic acids is 1. The van der Waals surface area contributed by atoms with E-state index >= 15 is 0 Å². The number of aliphatic hydroxyl groups is 1. The summed E-state index contributed by atoms with van der Waals surface area (Å²) in [7, 11) is 0. The number of thiophene rings is 1. The third kappa shape index (κ3) is 3.07. The SMILES string of the molecule is O=C(NC[C@H](O)C(=O)O)c1cc2ccc(F)cc2s1. The smallest absolute Gasteiger partial charge is 0.334 e. The number of hydrogen-bond donors (Lipinski definition) is 3. The van der Waals surface area contributed by atoms with Crippen LogP contribution in [0.4, 0.5) is 4.39 Å². The Morgan fingerprint density at radius 1 is 1.37 bits per heavy atom. The predicted octanol–water partition coefficient (Wildman–Crippen LogP) is 1.22. The van der Waals surface area contributed by atoms with Crippen molar-refractivity contribution in [1.29, 1.82) is 0 Å². The number of benzene rings is 1. The molecule has 1 heterocycles. The van der Waals surface area contributed by atoms with Gasteiger partial charge in [0.05, 0.1) is 11.4 Å². The van der Waals surface area contributed by atoms with E-state index in [0.717, 1.165) is 16.7 Å². The van der Waals surface area contributed by atoms with Gasteiger partial charge >= 0.3 is 5.97 Å². The van der Waals surface area contributed by atoms with Crippen LogP contribution in [0.2, 0.25) is 0 Å². The number of carbonyl (C=O) groups is 2. The van der Waals surface area contributed by atoms with E-state index in [9.17, 15) is 14.0 Å². The molecule has 0 aliphatic heterocycles. The lowest BCUT2D eigenvalue weighted by Gasteiger charge is -2.06. The Labute approximate surface area is 111 Å². The third-order valence-corrected chi connectivity index (χ3v) is 3.54. The van der Waals surface area contributed by atoms with Crippen molar-refractivity contribution >= 4 is 33.3 Å². The summed E-state index contributed by atoms with van der Waals surface area (Å²) in [4.78, 5) is 22.4. The van der Waals surface area contributed by atoms with Gasteiger partial charge in [-0.3, -0.25) is 4.79 Å². The lowest BCUT2D eigenvalue weighted by molar-refractivity contribution is -0.146. The highest BCUT2D eigenvalue weighted by Gasteiger charge is 2.16. The van der Waals surface area contributed by atoms with Crippen molar-refractivity contribution in [2.75, 3.05) is 6.54 Å². The number of carbonyl (C=O) groups excluding carboxylic acids is 1. The second kappa shape index (κ2) is 5.33.